The molecule has 0 aliphatic heterocycles. The third-order valence-electron chi connectivity index (χ3n) is 4.97. The standard InChI is InChI=1S/C24H24N2O4S/c1-16-6-4-5-7-23(16)17(2)25-24(28)20-8-12-21(13-9-20)26-31(29,30)22-14-10-19(11-15-22)18(3)27/h4-15,17,26H,1-3H3,(H,25,28). The van der Waals surface area contributed by atoms with Gasteiger partial charge in [0.25, 0.3) is 15.9 Å². The molecule has 0 aliphatic carbocycles. The smallest absolute Gasteiger partial charge is 0.261 e. The fourth-order valence-corrected chi connectivity index (χ4v) is 4.26. The van der Waals surface area contributed by atoms with Gasteiger partial charge in [-0.2, -0.15) is 0 Å². The molecule has 0 aromatic heterocycles. The second-order valence-corrected chi connectivity index (χ2v) is 9.00. The number of hydrogen-bond acceptors (Lipinski definition) is 4. The van der Waals surface area contributed by atoms with Crippen LogP contribution in [0, 0.1) is 6.92 Å². The highest BCUT2D eigenvalue weighted by atomic mass is 32.2. The van der Waals surface area contributed by atoms with Gasteiger partial charge < -0.3 is 5.32 Å². The molecule has 31 heavy (non-hydrogen) atoms. The number of nitrogens with one attached hydrogen (secondary N) is 2. The van der Waals surface area contributed by atoms with Gasteiger partial charge in [0.1, 0.15) is 0 Å². The Bertz CT molecular complexity index is 1200. The van der Waals surface area contributed by atoms with E-state index in [1.54, 1.807) is 12.1 Å². The van der Waals surface area contributed by atoms with Gasteiger partial charge in [-0.15, -0.1) is 0 Å². The average Bonchev–Trinajstić information content (AvgIpc) is 2.74. The van der Waals surface area contributed by atoms with E-state index in [0.29, 0.717) is 16.8 Å². The van der Waals surface area contributed by atoms with E-state index in [0.717, 1.165) is 11.1 Å². The maximum Gasteiger partial charge on any atom is 0.261 e. The third kappa shape index (κ3) is 5.38. The van der Waals surface area contributed by atoms with E-state index in [9.17, 15) is 18.0 Å². The van der Waals surface area contributed by atoms with Crippen molar-refractivity contribution in [2.24, 2.45) is 0 Å². The molecule has 3 aromatic carbocycles. The Hall–Kier alpha value is -3.45. The van der Waals surface area contributed by atoms with Crippen molar-refractivity contribution in [2.75, 3.05) is 4.72 Å². The van der Waals surface area contributed by atoms with Crippen molar-refractivity contribution in [1.29, 1.82) is 0 Å². The van der Waals surface area contributed by atoms with Gasteiger partial charge in [-0.05, 0) is 68.3 Å². The number of anilines is 1. The molecule has 0 radical (unpaired) electrons. The SMILES string of the molecule is CC(=O)c1ccc(S(=O)(=O)Nc2ccc(C(=O)NC(C)c3ccccc3C)cc2)cc1. The first-order valence-electron chi connectivity index (χ1n) is 9.77. The van der Waals surface area contributed by atoms with Crippen molar-refractivity contribution in [1.82, 2.24) is 5.32 Å². The first-order valence-corrected chi connectivity index (χ1v) is 11.3. The molecule has 7 heteroatoms. The summed E-state index contributed by atoms with van der Waals surface area (Å²) in [6.07, 6.45) is 0. The van der Waals surface area contributed by atoms with Crippen LogP contribution in [0.15, 0.2) is 77.7 Å². The average molecular weight is 437 g/mol. The monoisotopic (exact) mass is 436 g/mol. The van der Waals surface area contributed by atoms with Crippen LogP contribution in [0.4, 0.5) is 5.69 Å². The molecule has 3 aromatic rings. The Labute approximate surface area is 182 Å². The summed E-state index contributed by atoms with van der Waals surface area (Å²) < 4.78 is 27.6. The number of aryl methyl sites for hydroxylation is 1. The number of amides is 1. The minimum atomic E-state index is -3.81. The normalized spacial score (nSPS) is 12.1. The first-order chi connectivity index (χ1) is 14.7. The number of rotatable bonds is 7. The van der Waals surface area contributed by atoms with Crippen LogP contribution in [0.3, 0.4) is 0 Å². The Kier molecular flexibility index (Phi) is 6.56. The zero-order valence-corrected chi connectivity index (χ0v) is 18.4. The molecule has 1 amide bonds. The first kappa shape index (κ1) is 22.2. The van der Waals surface area contributed by atoms with Crippen molar-refractivity contribution >= 4 is 27.4 Å². The molecule has 1 atom stereocenters. The van der Waals surface area contributed by atoms with E-state index >= 15 is 0 Å². The summed E-state index contributed by atoms with van der Waals surface area (Å²) in [7, 11) is -3.81. The molecule has 0 spiro atoms. The Morgan fingerprint density at radius 1 is 0.839 bits per heavy atom. The van der Waals surface area contributed by atoms with Crippen LogP contribution in [0.25, 0.3) is 0 Å². The number of ketones is 1. The van der Waals surface area contributed by atoms with E-state index < -0.39 is 10.0 Å². The molecular formula is C24H24N2O4S. The van der Waals surface area contributed by atoms with Crippen LogP contribution >= 0.6 is 0 Å². The van der Waals surface area contributed by atoms with Crippen LogP contribution < -0.4 is 10.0 Å². The van der Waals surface area contributed by atoms with E-state index in [-0.39, 0.29) is 22.6 Å². The van der Waals surface area contributed by atoms with E-state index in [4.69, 9.17) is 0 Å². The summed E-state index contributed by atoms with van der Waals surface area (Å²) in [5.41, 5.74) is 3.33. The molecule has 0 bridgehead atoms. The van der Waals surface area contributed by atoms with Gasteiger partial charge in [0.05, 0.1) is 10.9 Å². The van der Waals surface area contributed by atoms with Gasteiger partial charge in [-0.1, -0.05) is 36.4 Å². The van der Waals surface area contributed by atoms with E-state index in [1.165, 1.54) is 43.3 Å². The second kappa shape index (κ2) is 9.14. The van der Waals surface area contributed by atoms with Crippen LogP contribution in [0.1, 0.15) is 51.7 Å². The van der Waals surface area contributed by atoms with Crippen molar-refractivity contribution in [3.05, 3.63) is 95.1 Å². The fraction of sp³-hybridized carbons (Fsp3) is 0.167. The highest BCUT2D eigenvalue weighted by molar-refractivity contribution is 7.92. The lowest BCUT2D eigenvalue weighted by molar-refractivity contribution is 0.0939. The molecule has 0 fully saturated rings. The minimum absolute atomic E-state index is 0.0476. The summed E-state index contributed by atoms with van der Waals surface area (Å²) >= 11 is 0. The third-order valence-corrected chi connectivity index (χ3v) is 6.37. The van der Waals surface area contributed by atoms with Crippen molar-refractivity contribution in [3.63, 3.8) is 0 Å². The predicted octanol–water partition coefficient (Wildman–Crippen LogP) is 4.49. The Morgan fingerprint density at radius 3 is 2.00 bits per heavy atom. The lowest BCUT2D eigenvalue weighted by atomic mass is 10.0. The Morgan fingerprint density at radius 2 is 1.42 bits per heavy atom. The lowest BCUT2D eigenvalue weighted by Gasteiger charge is -2.17. The van der Waals surface area contributed by atoms with Crippen LogP contribution in [0.5, 0.6) is 0 Å². The van der Waals surface area contributed by atoms with Crippen LogP contribution in [-0.4, -0.2) is 20.1 Å². The molecule has 2 N–H and O–H groups in total. The van der Waals surface area contributed by atoms with E-state index in [1.807, 2.05) is 38.1 Å². The molecule has 160 valence electrons. The summed E-state index contributed by atoms with van der Waals surface area (Å²) in [6, 6.07) is 19.6. The number of hydrogen-bond donors (Lipinski definition) is 2. The number of Topliss-reactive ketones (excluding diaryl/α,β-unsaturated/α-hetero) is 1. The summed E-state index contributed by atoms with van der Waals surface area (Å²) in [5.74, 6) is -0.382. The van der Waals surface area contributed by atoms with Gasteiger partial charge in [0.2, 0.25) is 0 Å². The van der Waals surface area contributed by atoms with Gasteiger partial charge in [-0.25, -0.2) is 8.42 Å². The number of carbonyl (C=O) groups is 2. The number of sulfonamides is 1. The number of carbonyl (C=O) groups excluding carboxylic acids is 2. The highest BCUT2D eigenvalue weighted by Gasteiger charge is 2.16. The molecular weight excluding hydrogens is 412 g/mol. The maximum atomic E-state index is 12.6. The largest absolute Gasteiger partial charge is 0.346 e. The lowest BCUT2D eigenvalue weighted by Crippen LogP contribution is -2.27. The molecule has 1 unspecified atom stereocenters. The van der Waals surface area contributed by atoms with Crippen LogP contribution in [-0.2, 0) is 10.0 Å². The van der Waals surface area contributed by atoms with Gasteiger partial charge >= 0.3 is 0 Å². The highest BCUT2D eigenvalue weighted by Crippen LogP contribution is 2.20. The maximum absolute atomic E-state index is 12.6. The van der Waals surface area contributed by atoms with Crippen molar-refractivity contribution < 1.29 is 18.0 Å². The summed E-state index contributed by atoms with van der Waals surface area (Å²) in [6.45, 7) is 5.33. The zero-order chi connectivity index (χ0) is 22.6. The molecule has 3 rings (SSSR count). The fourth-order valence-electron chi connectivity index (χ4n) is 3.20. The molecule has 0 heterocycles. The minimum Gasteiger partial charge on any atom is -0.346 e. The zero-order valence-electron chi connectivity index (χ0n) is 17.5. The van der Waals surface area contributed by atoms with Crippen molar-refractivity contribution in [2.45, 2.75) is 31.7 Å². The quantitative estimate of drug-likeness (QED) is 0.534. The van der Waals surface area contributed by atoms with Gasteiger partial charge in [0.15, 0.2) is 5.78 Å². The summed E-state index contributed by atoms with van der Waals surface area (Å²) in [4.78, 5) is 24.0. The topological polar surface area (TPSA) is 92.3 Å². The second-order valence-electron chi connectivity index (χ2n) is 7.32. The van der Waals surface area contributed by atoms with Crippen LogP contribution in [0.2, 0.25) is 0 Å². The van der Waals surface area contributed by atoms with Crippen molar-refractivity contribution in [3.8, 4) is 0 Å². The molecule has 0 saturated carbocycles. The molecule has 0 saturated heterocycles. The summed E-state index contributed by atoms with van der Waals surface area (Å²) in [5, 5.41) is 2.96. The Balaban J connectivity index is 1.68. The molecule has 6 nitrogen and oxygen atoms in total. The van der Waals surface area contributed by atoms with Gasteiger partial charge in [0, 0.05) is 16.8 Å². The predicted molar refractivity (Wildman–Crippen MR) is 121 cm³/mol. The molecule has 0 aliphatic rings. The number of benzene rings is 3. The van der Waals surface area contributed by atoms with Gasteiger partial charge in [-0.3, -0.25) is 14.3 Å². The van der Waals surface area contributed by atoms with E-state index in [2.05, 4.69) is 10.0 Å².